The number of anilines is 1. The summed E-state index contributed by atoms with van der Waals surface area (Å²) in [7, 11) is 0. The average molecular weight is 504 g/mol. The van der Waals surface area contributed by atoms with E-state index >= 15 is 0 Å². The number of likely N-dealkylation sites (N-methyl/N-ethyl adjacent to an activating group) is 1. The summed E-state index contributed by atoms with van der Waals surface area (Å²) >= 11 is 0. The van der Waals surface area contributed by atoms with Crippen LogP contribution >= 0.6 is 0 Å². The van der Waals surface area contributed by atoms with Crippen LogP contribution in [0.5, 0.6) is 11.5 Å². The second-order valence-corrected chi connectivity index (χ2v) is 8.28. The molecule has 0 aliphatic carbocycles. The summed E-state index contributed by atoms with van der Waals surface area (Å²) in [6.45, 7) is 1.54. The topological polar surface area (TPSA) is 115 Å². The molecule has 0 bridgehead atoms. The smallest absolute Gasteiger partial charge is 0.395 e. The zero-order valence-electron chi connectivity index (χ0n) is 19.3. The Morgan fingerprint density at radius 1 is 1.11 bits per heavy atom. The number of rotatable bonds is 5. The second kappa shape index (κ2) is 8.36. The van der Waals surface area contributed by atoms with Gasteiger partial charge in [0.1, 0.15) is 23.3 Å². The van der Waals surface area contributed by atoms with Crippen LogP contribution in [0.15, 0.2) is 65.8 Å². The predicted octanol–water partition coefficient (Wildman–Crippen LogP) is 3.71. The van der Waals surface area contributed by atoms with E-state index in [2.05, 4.69) is 29.5 Å². The normalized spacial score (nSPS) is 13.8. The standard InChI is InChI=1S/C25H18F2N6O4/c1-2-32(16-6-8-18-19(11-16)37-25(26,27)36-18)20(34)12-33-24(35)23-22(29-13-30-23)21(31-33)15-5-7-17-14(10-15)4-3-9-28-17/h3-11,13H,2,12H2,1H3,(H,29,30). The Morgan fingerprint density at radius 2 is 1.95 bits per heavy atom. The first-order valence-electron chi connectivity index (χ1n) is 11.3. The first kappa shape index (κ1) is 22.6. The number of aromatic amines is 1. The number of H-pyrrole nitrogens is 1. The van der Waals surface area contributed by atoms with Gasteiger partial charge in [0.15, 0.2) is 11.5 Å². The molecule has 0 atom stereocenters. The number of imidazole rings is 1. The number of fused-ring (bicyclic) bond motifs is 3. The molecule has 0 unspecified atom stereocenters. The Morgan fingerprint density at radius 3 is 2.78 bits per heavy atom. The average Bonchev–Trinajstić information content (AvgIpc) is 3.49. The van der Waals surface area contributed by atoms with Crippen molar-refractivity contribution in [2.75, 3.05) is 11.4 Å². The van der Waals surface area contributed by atoms with Gasteiger partial charge >= 0.3 is 6.29 Å². The molecule has 1 aliphatic heterocycles. The van der Waals surface area contributed by atoms with E-state index in [-0.39, 0.29) is 23.6 Å². The van der Waals surface area contributed by atoms with Gasteiger partial charge < -0.3 is 19.4 Å². The molecule has 37 heavy (non-hydrogen) atoms. The van der Waals surface area contributed by atoms with Crippen molar-refractivity contribution in [2.45, 2.75) is 19.8 Å². The highest BCUT2D eigenvalue weighted by molar-refractivity contribution is 5.95. The number of halogens is 2. The Hall–Kier alpha value is -4.87. The molecule has 6 rings (SSSR count). The quantitative estimate of drug-likeness (QED) is 0.388. The van der Waals surface area contributed by atoms with E-state index in [1.54, 1.807) is 13.1 Å². The molecule has 2 aromatic carbocycles. The van der Waals surface area contributed by atoms with Crippen molar-refractivity contribution in [2.24, 2.45) is 0 Å². The number of carbonyl (C=O) groups is 1. The summed E-state index contributed by atoms with van der Waals surface area (Å²) in [6.07, 6.45) is -0.677. The number of pyridine rings is 1. The van der Waals surface area contributed by atoms with Gasteiger partial charge in [-0.05, 0) is 37.3 Å². The van der Waals surface area contributed by atoms with E-state index in [0.717, 1.165) is 15.6 Å². The van der Waals surface area contributed by atoms with Gasteiger partial charge in [0.2, 0.25) is 5.91 Å². The van der Waals surface area contributed by atoms with Crippen LogP contribution in [0.25, 0.3) is 33.2 Å². The summed E-state index contributed by atoms with van der Waals surface area (Å²) in [5, 5.41) is 5.37. The maximum atomic E-state index is 13.4. The lowest BCUT2D eigenvalue weighted by Crippen LogP contribution is -2.37. The fourth-order valence-corrected chi connectivity index (χ4v) is 4.33. The van der Waals surface area contributed by atoms with Crippen LogP contribution in [0.3, 0.4) is 0 Å². The highest BCUT2D eigenvalue weighted by Gasteiger charge is 2.43. The lowest BCUT2D eigenvalue weighted by Gasteiger charge is -2.21. The third kappa shape index (κ3) is 3.92. The minimum Gasteiger partial charge on any atom is -0.395 e. The number of aromatic nitrogens is 5. The number of ether oxygens (including phenoxy) is 2. The molecule has 10 nitrogen and oxygen atoms in total. The zero-order valence-corrected chi connectivity index (χ0v) is 19.3. The van der Waals surface area contributed by atoms with Crippen molar-refractivity contribution in [1.29, 1.82) is 0 Å². The Balaban J connectivity index is 1.37. The van der Waals surface area contributed by atoms with E-state index < -0.39 is 24.3 Å². The summed E-state index contributed by atoms with van der Waals surface area (Å²) < 4.78 is 36.8. The zero-order chi connectivity index (χ0) is 25.7. The molecular weight excluding hydrogens is 486 g/mol. The van der Waals surface area contributed by atoms with Crippen molar-refractivity contribution >= 4 is 33.5 Å². The maximum Gasteiger partial charge on any atom is 0.586 e. The molecule has 12 heteroatoms. The molecule has 4 heterocycles. The number of nitrogens with zero attached hydrogens (tertiary/aromatic N) is 5. The highest BCUT2D eigenvalue weighted by Crippen LogP contribution is 2.42. The molecule has 5 aromatic rings. The first-order valence-corrected chi connectivity index (χ1v) is 11.3. The van der Waals surface area contributed by atoms with Crippen molar-refractivity contribution in [3.8, 4) is 22.8 Å². The lowest BCUT2D eigenvalue weighted by molar-refractivity contribution is -0.286. The maximum absolute atomic E-state index is 13.4. The van der Waals surface area contributed by atoms with E-state index in [4.69, 9.17) is 0 Å². The fourth-order valence-electron chi connectivity index (χ4n) is 4.33. The van der Waals surface area contributed by atoms with Gasteiger partial charge in [-0.2, -0.15) is 5.10 Å². The van der Waals surface area contributed by atoms with Gasteiger partial charge in [-0.25, -0.2) is 9.67 Å². The van der Waals surface area contributed by atoms with Crippen LogP contribution in [0, 0.1) is 0 Å². The summed E-state index contributed by atoms with van der Waals surface area (Å²) in [4.78, 5) is 39.2. The van der Waals surface area contributed by atoms with E-state index in [0.29, 0.717) is 22.5 Å². The van der Waals surface area contributed by atoms with Gasteiger partial charge in [0.05, 0.1) is 11.8 Å². The van der Waals surface area contributed by atoms with Gasteiger partial charge in [-0.15, -0.1) is 8.78 Å². The molecular formula is C25H18F2N6O4. The Bertz CT molecular complexity index is 1750. The number of hydrogen-bond acceptors (Lipinski definition) is 7. The number of hydrogen-bond donors (Lipinski definition) is 1. The second-order valence-electron chi connectivity index (χ2n) is 8.28. The van der Waals surface area contributed by atoms with Crippen molar-refractivity contribution < 1.29 is 23.0 Å². The molecule has 1 amide bonds. The summed E-state index contributed by atoms with van der Waals surface area (Å²) in [5.41, 5.74) is 2.29. The van der Waals surface area contributed by atoms with Gasteiger partial charge in [-0.3, -0.25) is 14.6 Å². The van der Waals surface area contributed by atoms with Crippen molar-refractivity contribution in [1.82, 2.24) is 24.7 Å². The monoisotopic (exact) mass is 504 g/mol. The number of carbonyl (C=O) groups excluding carboxylic acids is 1. The molecule has 186 valence electrons. The van der Waals surface area contributed by atoms with Gasteiger partial charge in [0, 0.05) is 35.4 Å². The predicted molar refractivity (Wildman–Crippen MR) is 130 cm³/mol. The molecule has 0 fully saturated rings. The number of benzene rings is 2. The largest absolute Gasteiger partial charge is 0.586 e. The Labute approximate surface area is 207 Å². The van der Waals surface area contributed by atoms with Gasteiger partial charge in [-0.1, -0.05) is 12.1 Å². The van der Waals surface area contributed by atoms with E-state index in [1.807, 2.05) is 30.3 Å². The fraction of sp³-hybridized carbons (Fsp3) is 0.160. The minimum atomic E-state index is -3.77. The van der Waals surface area contributed by atoms with Crippen molar-refractivity contribution in [3.05, 3.63) is 71.4 Å². The van der Waals surface area contributed by atoms with Crippen molar-refractivity contribution in [3.63, 3.8) is 0 Å². The number of alkyl halides is 2. The third-order valence-electron chi connectivity index (χ3n) is 6.01. The van der Waals surface area contributed by atoms with Crippen LogP contribution in [-0.4, -0.2) is 43.5 Å². The van der Waals surface area contributed by atoms with Crippen LogP contribution in [0.1, 0.15) is 6.92 Å². The molecule has 0 radical (unpaired) electrons. The van der Waals surface area contributed by atoms with E-state index in [9.17, 15) is 18.4 Å². The minimum absolute atomic E-state index is 0.130. The summed E-state index contributed by atoms with van der Waals surface area (Å²) in [5.74, 6) is -0.790. The lowest BCUT2D eigenvalue weighted by atomic mass is 10.1. The molecule has 3 aromatic heterocycles. The Kier molecular flexibility index (Phi) is 5.10. The SMILES string of the molecule is CCN(C(=O)Cn1nc(-c2ccc3ncccc3c2)c2nc[nH]c2c1=O)c1ccc2c(c1)OC(F)(F)O2. The molecule has 1 N–H and O–H groups in total. The number of amides is 1. The van der Waals surface area contributed by atoms with Crippen LogP contribution in [0.4, 0.5) is 14.5 Å². The first-order chi connectivity index (χ1) is 17.8. The molecule has 0 spiro atoms. The molecule has 1 aliphatic rings. The molecule has 0 saturated carbocycles. The van der Waals surface area contributed by atoms with Crippen LogP contribution in [0.2, 0.25) is 0 Å². The highest BCUT2D eigenvalue weighted by atomic mass is 19.3. The van der Waals surface area contributed by atoms with Crippen LogP contribution in [-0.2, 0) is 11.3 Å². The molecule has 0 saturated heterocycles. The van der Waals surface area contributed by atoms with E-state index in [1.165, 1.54) is 29.4 Å². The van der Waals surface area contributed by atoms with Gasteiger partial charge in [0.25, 0.3) is 5.56 Å². The number of nitrogens with one attached hydrogen (secondary N) is 1. The summed E-state index contributed by atoms with van der Waals surface area (Å²) in [6, 6.07) is 13.3. The third-order valence-corrected chi connectivity index (χ3v) is 6.01. The van der Waals surface area contributed by atoms with Crippen LogP contribution < -0.4 is 19.9 Å².